The van der Waals surface area contributed by atoms with Crippen LogP contribution in [-0.2, 0) is 11.3 Å². The highest BCUT2D eigenvalue weighted by Crippen LogP contribution is 2.39. The van der Waals surface area contributed by atoms with Crippen molar-refractivity contribution in [1.82, 2.24) is 10.2 Å². The molecule has 1 aromatic carbocycles. The lowest BCUT2D eigenvalue weighted by Crippen LogP contribution is -3.13. The van der Waals surface area contributed by atoms with Crippen LogP contribution in [0.5, 0.6) is 0 Å². The van der Waals surface area contributed by atoms with E-state index < -0.39 is 11.5 Å². The molecule has 27 heavy (non-hydrogen) atoms. The van der Waals surface area contributed by atoms with Gasteiger partial charge in [0.15, 0.2) is 5.92 Å². The molecular formula is C21H28N5O+. The van der Waals surface area contributed by atoms with E-state index in [0.29, 0.717) is 5.96 Å². The van der Waals surface area contributed by atoms with Crippen molar-refractivity contribution >= 4 is 11.9 Å². The minimum atomic E-state index is -0.647. The van der Waals surface area contributed by atoms with Crippen LogP contribution < -0.4 is 10.2 Å². The highest BCUT2D eigenvalue weighted by Gasteiger charge is 2.48. The lowest BCUT2D eigenvalue weighted by molar-refractivity contribution is -0.917. The Bertz CT molecular complexity index is 740. The predicted octanol–water partition coefficient (Wildman–Crippen LogP) is 0.716. The Morgan fingerprint density at radius 3 is 2.56 bits per heavy atom. The van der Waals surface area contributed by atoms with Crippen molar-refractivity contribution in [2.45, 2.75) is 44.2 Å². The zero-order valence-corrected chi connectivity index (χ0v) is 15.8. The Morgan fingerprint density at radius 1 is 1.19 bits per heavy atom. The number of hydrogen-bond acceptors (Lipinski definition) is 4. The first kappa shape index (κ1) is 18.0. The van der Waals surface area contributed by atoms with Crippen molar-refractivity contribution in [3.63, 3.8) is 0 Å². The zero-order chi connectivity index (χ0) is 18.7. The maximum Gasteiger partial charge on any atom is 0.246 e. The van der Waals surface area contributed by atoms with Gasteiger partial charge in [-0.25, -0.2) is 4.99 Å². The van der Waals surface area contributed by atoms with E-state index >= 15 is 0 Å². The normalized spacial score (nSPS) is 25.6. The van der Waals surface area contributed by atoms with E-state index in [4.69, 9.17) is 4.99 Å². The average molecular weight is 366 g/mol. The summed E-state index contributed by atoms with van der Waals surface area (Å²) in [6.07, 6.45) is 4.98. The maximum atomic E-state index is 12.6. The Morgan fingerprint density at radius 2 is 1.89 bits per heavy atom. The second kappa shape index (κ2) is 7.69. The van der Waals surface area contributed by atoms with E-state index in [1.807, 2.05) is 0 Å². The number of carbonyl (C=O) groups excluding carboxylic acids is 1. The van der Waals surface area contributed by atoms with E-state index in [-0.39, 0.29) is 5.91 Å². The molecule has 6 nitrogen and oxygen atoms in total. The van der Waals surface area contributed by atoms with Gasteiger partial charge in [-0.2, -0.15) is 5.26 Å². The topological polar surface area (TPSA) is 72.9 Å². The molecule has 2 aliphatic heterocycles. The number of nitrogens with one attached hydrogen (secondary N) is 2. The van der Waals surface area contributed by atoms with Crippen LogP contribution in [0.4, 0.5) is 0 Å². The first-order valence-corrected chi connectivity index (χ1v) is 10.1. The van der Waals surface area contributed by atoms with Crippen LogP contribution in [0, 0.1) is 17.2 Å². The van der Waals surface area contributed by atoms with Gasteiger partial charge in [0, 0.05) is 5.56 Å². The van der Waals surface area contributed by atoms with Gasteiger partial charge in [-0.15, -0.1) is 0 Å². The molecule has 1 spiro atoms. The van der Waals surface area contributed by atoms with Gasteiger partial charge in [0.2, 0.25) is 11.9 Å². The summed E-state index contributed by atoms with van der Waals surface area (Å²) in [5, 5.41) is 12.5. The van der Waals surface area contributed by atoms with Crippen LogP contribution in [0.15, 0.2) is 35.3 Å². The van der Waals surface area contributed by atoms with E-state index in [1.54, 1.807) is 4.90 Å². The molecule has 0 radical (unpaired) electrons. The number of piperazine rings is 1. The standard InChI is InChI=1S/C21H27N5O/c22-15-18-19(27)23-20(24-21(18)9-5-2-6-10-21)26-13-11-25(12-14-26)16-17-7-3-1-4-8-17/h1,3-4,7-8,18H,2,5-6,9-14,16H2,(H,23,24,27)/p+1/t18-/m0/s1. The van der Waals surface area contributed by atoms with Gasteiger partial charge in [-0.05, 0) is 12.8 Å². The third kappa shape index (κ3) is 3.70. The molecule has 1 aliphatic carbocycles. The molecule has 142 valence electrons. The molecule has 2 N–H and O–H groups in total. The number of rotatable bonds is 2. The van der Waals surface area contributed by atoms with E-state index in [9.17, 15) is 10.1 Å². The minimum Gasteiger partial charge on any atom is -0.331 e. The number of amides is 1. The summed E-state index contributed by atoms with van der Waals surface area (Å²) in [7, 11) is 0. The third-order valence-electron chi connectivity index (χ3n) is 6.28. The van der Waals surface area contributed by atoms with Gasteiger partial charge in [-0.1, -0.05) is 49.6 Å². The van der Waals surface area contributed by atoms with Crippen molar-refractivity contribution in [3.8, 4) is 6.07 Å². The summed E-state index contributed by atoms with van der Waals surface area (Å²) in [6, 6.07) is 12.8. The van der Waals surface area contributed by atoms with Crippen molar-refractivity contribution in [2.75, 3.05) is 26.2 Å². The molecule has 1 aromatic rings. The van der Waals surface area contributed by atoms with Crippen LogP contribution in [-0.4, -0.2) is 48.5 Å². The molecule has 6 heteroatoms. The molecule has 1 atom stereocenters. The second-order valence-electron chi connectivity index (χ2n) is 8.05. The van der Waals surface area contributed by atoms with Crippen LogP contribution in [0.2, 0.25) is 0 Å². The smallest absolute Gasteiger partial charge is 0.246 e. The molecule has 0 unspecified atom stereocenters. The van der Waals surface area contributed by atoms with Crippen LogP contribution in [0.1, 0.15) is 37.7 Å². The number of hydrogen-bond donors (Lipinski definition) is 2. The molecule has 1 amide bonds. The summed E-state index contributed by atoms with van der Waals surface area (Å²) >= 11 is 0. The summed E-state index contributed by atoms with van der Waals surface area (Å²) < 4.78 is 0. The Balaban J connectivity index is 1.44. The Labute approximate surface area is 160 Å². The molecule has 0 bridgehead atoms. The number of quaternary nitrogens is 1. The summed E-state index contributed by atoms with van der Waals surface area (Å²) in [5.41, 5.74) is 0.862. The highest BCUT2D eigenvalue weighted by atomic mass is 16.2. The maximum absolute atomic E-state index is 12.6. The average Bonchev–Trinajstić information content (AvgIpc) is 2.70. The monoisotopic (exact) mass is 366 g/mol. The second-order valence-corrected chi connectivity index (χ2v) is 8.05. The number of benzene rings is 1. The SMILES string of the molecule is N#C[C@H]1C(=O)NC(N2CC[NH+](Cc3ccccc3)CC2)=NC12CCCCC2. The zero-order valence-electron chi connectivity index (χ0n) is 15.8. The summed E-state index contributed by atoms with van der Waals surface area (Å²) in [5.74, 6) is -0.109. The highest BCUT2D eigenvalue weighted by molar-refractivity contribution is 6.02. The number of nitriles is 1. The molecule has 1 saturated carbocycles. The van der Waals surface area contributed by atoms with Crippen molar-refractivity contribution in [3.05, 3.63) is 35.9 Å². The lowest BCUT2D eigenvalue weighted by Gasteiger charge is -2.43. The van der Waals surface area contributed by atoms with Gasteiger partial charge in [0.1, 0.15) is 6.54 Å². The number of aliphatic imine (C=N–C) groups is 1. The van der Waals surface area contributed by atoms with Gasteiger partial charge >= 0.3 is 0 Å². The van der Waals surface area contributed by atoms with Gasteiger partial charge in [-0.3, -0.25) is 10.1 Å². The van der Waals surface area contributed by atoms with E-state index in [2.05, 4.69) is 46.6 Å². The van der Waals surface area contributed by atoms with Crippen LogP contribution in [0.3, 0.4) is 0 Å². The van der Waals surface area contributed by atoms with Gasteiger partial charge in [0.25, 0.3) is 0 Å². The van der Waals surface area contributed by atoms with Crippen molar-refractivity contribution in [2.24, 2.45) is 10.9 Å². The fourth-order valence-electron chi connectivity index (χ4n) is 4.72. The fraction of sp³-hybridized carbons (Fsp3) is 0.571. The first-order valence-electron chi connectivity index (χ1n) is 10.1. The van der Waals surface area contributed by atoms with Crippen LogP contribution >= 0.6 is 0 Å². The number of nitrogens with zero attached hydrogens (tertiary/aromatic N) is 3. The van der Waals surface area contributed by atoms with E-state index in [0.717, 1.165) is 58.4 Å². The Kier molecular flexibility index (Phi) is 5.13. The number of guanidine groups is 1. The minimum absolute atomic E-state index is 0.163. The van der Waals surface area contributed by atoms with Gasteiger partial charge < -0.3 is 9.80 Å². The van der Waals surface area contributed by atoms with E-state index in [1.165, 1.54) is 12.0 Å². The molecule has 2 fully saturated rings. The van der Waals surface area contributed by atoms with Crippen molar-refractivity contribution < 1.29 is 9.69 Å². The largest absolute Gasteiger partial charge is 0.331 e. The fourth-order valence-corrected chi connectivity index (χ4v) is 4.72. The molecule has 2 heterocycles. The van der Waals surface area contributed by atoms with Gasteiger partial charge in [0.05, 0.1) is 37.8 Å². The number of carbonyl (C=O) groups is 1. The molecule has 3 aliphatic rings. The third-order valence-corrected chi connectivity index (χ3v) is 6.28. The quantitative estimate of drug-likeness (QED) is 0.810. The Hall–Kier alpha value is -2.39. The molecule has 0 aromatic heterocycles. The van der Waals surface area contributed by atoms with Crippen LogP contribution in [0.25, 0.3) is 0 Å². The lowest BCUT2D eigenvalue weighted by atomic mass is 9.72. The van der Waals surface area contributed by atoms with Crippen molar-refractivity contribution in [1.29, 1.82) is 5.26 Å². The molecule has 4 rings (SSSR count). The summed E-state index contributed by atoms with van der Waals surface area (Å²) in [4.78, 5) is 21.4. The summed E-state index contributed by atoms with van der Waals surface area (Å²) in [6.45, 7) is 4.86. The molecular weight excluding hydrogens is 338 g/mol. The predicted molar refractivity (Wildman–Crippen MR) is 103 cm³/mol. The molecule has 1 saturated heterocycles. The first-order chi connectivity index (χ1) is 13.2.